The van der Waals surface area contributed by atoms with E-state index in [2.05, 4.69) is 0 Å². The largest absolute Gasteiger partial charge is 0.493 e. The van der Waals surface area contributed by atoms with E-state index >= 15 is 0 Å². The van der Waals surface area contributed by atoms with Crippen molar-refractivity contribution in [1.29, 1.82) is 0 Å². The normalized spacial score (nSPS) is 20.1. The molecule has 0 aromatic heterocycles. The Balaban J connectivity index is 2.33. The highest BCUT2D eigenvalue weighted by atomic mass is 16.6. The average molecular weight is 338 g/mol. The Kier molecular flexibility index (Phi) is 5.63. The molecule has 1 saturated heterocycles. The van der Waals surface area contributed by atoms with Gasteiger partial charge in [-0.25, -0.2) is 0 Å². The van der Waals surface area contributed by atoms with Crippen LogP contribution in [0.2, 0.25) is 0 Å². The molecule has 0 radical (unpaired) electrons. The molecular weight excluding hydrogens is 316 g/mol. The molecule has 0 aliphatic carbocycles. The van der Waals surface area contributed by atoms with E-state index in [-0.39, 0.29) is 41.2 Å². The van der Waals surface area contributed by atoms with Crippen LogP contribution in [0.4, 0.5) is 5.69 Å². The summed E-state index contributed by atoms with van der Waals surface area (Å²) in [4.78, 5) is 25.5. The number of carbonyl (C=O) groups excluding carboxylic acids is 2. The maximum Gasteiger partial charge on any atom is 0.308 e. The minimum absolute atomic E-state index is 0.147. The number of aliphatic hydroxyl groups is 1. The molecule has 8 heteroatoms. The Bertz CT molecular complexity index is 633. The van der Waals surface area contributed by atoms with Crippen molar-refractivity contribution in [1.82, 2.24) is 4.90 Å². The van der Waals surface area contributed by atoms with Crippen LogP contribution in [0, 0.1) is 0 Å². The molecule has 0 saturated carbocycles. The van der Waals surface area contributed by atoms with Gasteiger partial charge in [0.25, 0.3) is 5.91 Å². The number of amides is 1. The van der Waals surface area contributed by atoms with E-state index in [1.807, 2.05) is 0 Å². The highest BCUT2D eigenvalue weighted by Gasteiger charge is 2.35. The van der Waals surface area contributed by atoms with Crippen LogP contribution in [0.3, 0.4) is 0 Å². The fraction of sp³-hybridized carbons (Fsp3) is 0.500. The van der Waals surface area contributed by atoms with E-state index in [0.29, 0.717) is 13.0 Å². The van der Waals surface area contributed by atoms with E-state index in [1.54, 1.807) is 7.11 Å². The summed E-state index contributed by atoms with van der Waals surface area (Å²) < 4.78 is 15.3. The molecule has 1 aromatic carbocycles. The molecule has 1 heterocycles. The van der Waals surface area contributed by atoms with E-state index in [0.717, 1.165) is 0 Å². The minimum Gasteiger partial charge on any atom is -0.493 e. The molecule has 132 valence electrons. The standard InChI is InChI=1S/C16H22N2O6/c1-9(19)24-15-6-13(17)12(5-14(15)23-3)16(21)18-7-11(20)4-10(18)8-22-2/h5-6,10-11,20H,4,7-8,17H2,1-3H3/t10-,11-/m0/s1. The highest BCUT2D eigenvalue weighted by Crippen LogP contribution is 2.34. The molecule has 24 heavy (non-hydrogen) atoms. The van der Waals surface area contributed by atoms with Gasteiger partial charge in [0.1, 0.15) is 0 Å². The summed E-state index contributed by atoms with van der Waals surface area (Å²) in [6.45, 7) is 1.79. The Hall–Kier alpha value is -2.32. The zero-order valence-corrected chi connectivity index (χ0v) is 13.9. The topological polar surface area (TPSA) is 111 Å². The van der Waals surface area contributed by atoms with Gasteiger partial charge >= 0.3 is 5.97 Å². The smallest absolute Gasteiger partial charge is 0.308 e. The van der Waals surface area contributed by atoms with Crippen LogP contribution in [-0.4, -0.2) is 61.4 Å². The van der Waals surface area contributed by atoms with Crippen molar-refractivity contribution in [3.8, 4) is 11.5 Å². The molecule has 1 fully saturated rings. The number of likely N-dealkylation sites (tertiary alicyclic amines) is 1. The third-order valence-electron chi connectivity index (χ3n) is 3.83. The fourth-order valence-corrected chi connectivity index (χ4v) is 2.80. The number of nitrogens with zero attached hydrogens (tertiary/aromatic N) is 1. The summed E-state index contributed by atoms with van der Waals surface area (Å²) in [5.74, 6) is -0.479. The van der Waals surface area contributed by atoms with Gasteiger partial charge in [0.15, 0.2) is 11.5 Å². The zero-order chi connectivity index (χ0) is 17.9. The lowest BCUT2D eigenvalue weighted by atomic mass is 10.1. The third-order valence-corrected chi connectivity index (χ3v) is 3.83. The third kappa shape index (κ3) is 3.77. The van der Waals surface area contributed by atoms with E-state index in [9.17, 15) is 14.7 Å². The summed E-state index contributed by atoms with van der Waals surface area (Å²) in [6.07, 6.45) is -0.153. The second kappa shape index (κ2) is 7.50. The quantitative estimate of drug-likeness (QED) is 0.455. The van der Waals surface area contributed by atoms with Crippen LogP contribution >= 0.6 is 0 Å². The van der Waals surface area contributed by atoms with Gasteiger partial charge in [-0.3, -0.25) is 9.59 Å². The molecule has 3 N–H and O–H groups in total. The first kappa shape index (κ1) is 18.0. The molecule has 2 atom stereocenters. The number of β-amino-alcohol motifs (C(OH)–C–C–N with tert-alkyl or cyclic N) is 1. The second-order valence-corrected chi connectivity index (χ2v) is 5.64. The van der Waals surface area contributed by atoms with Gasteiger partial charge in [0.05, 0.1) is 31.4 Å². The number of nitrogen functional groups attached to an aromatic ring is 1. The number of esters is 1. The van der Waals surface area contributed by atoms with Gasteiger partial charge in [-0.15, -0.1) is 0 Å². The maximum atomic E-state index is 12.8. The molecule has 0 unspecified atom stereocenters. The van der Waals surface area contributed by atoms with Gasteiger partial charge < -0.3 is 30.0 Å². The Morgan fingerprint density at radius 2 is 2.04 bits per heavy atom. The molecule has 2 rings (SSSR count). The lowest BCUT2D eigenvalue weighted by molar-refractivity contribution is -0.132. The number of nitrogens with two attached hydrogens (primary N) is 1. The molecule has 1 amide bonds. The van der Waals surface area contributed by atoms with Crippen molar-refractivity contribution in [2.75, 3.05) is 33.1 Å². The molecule has 0 spiro atoms. The Labute approximate surface area is 140 Å². The predicted molar refractivity (Wildman–Crippen MR) is 86.0 cm³/mol. The lowest BCUT2D eigenvalue weighted by Crippen LogP contribution is -2.38. The van der Waals surface area contributed by atoms with Gasteiger partial charge in [-0.1, -0.05) is 0 Å². The van der Waals surface area contributed by atoms with Crippen LogP contribution in [0.1, 0.15) is 23.7 Å². The Morgan fingerprint density at radius 3 is 2.62 bits per heavy atom. The SMILES string of the molecule is COC[C@@H]1C[C@H](O)CN1C(=O)c1cc(OC)c(OC(C)=O)cc1N. The van der Waals surface area contributed by atoms with Crippen LogP contribution in [0.25, 0.3) is 0 Å². The average Bonchev–Trinajstić information content (AvgIpc) is 2.87. The van der Waals surface area contributed by atoms with Gasteiger partial charge in [-0.2, -0.15) is 0 Å². The second-order valence-electron chi connectivity index (χ2n) is 5.64. The summed E-state index contributed by atoms with van der Waals surface area (Å²) in [6, 6.07) is 2.59. The summed E-state index contributed by atoms with van der Waals surface area (Å²) >= 11 is 0. The first-order chi connectivity index (χ1) is 11.4. The van der Waals surface area contributed by atoms with Gasteiger partial charge in [0.2, 0.25) is 0 Å². The summed E-state index contributed by atoms with van der Waals surface area (Å²) in [7, 11) is 2.94. The van der Waals surface area contributed by atoms with Crippen molar-refractivity contribution in [2.24, 2.45) is 0 Å². The van der Waals surface area contributed by atoms with Crippen LogP contribution in [0.5, 0.6) is 11.5 Å². The zero-order valence-electron chi connectivity index (χ0n) is 13.9. The van der Waals surface area contributed by atoms with Crippen LogP contribution in [-0.2, 0) is 9.53 Å². The number of benzene rings is 1. The predicted octanol–water partition coefficient (Wildman–Crippen LogP) is 0.424. The summed E-state index contributed by atoms with van der Waals surface area (Å²) in [5.41, 5.74) is 6.34. The highest BCUT2D eigenvalue weighted by molar-refractivity contribution is 6.00. The molecule has 1 aliphatic rings. The van der Waals surface area contributed by atoms with Gasteiger partial charge in [0, 0.05) is 32.3 Å². The van der Waals surface area contributed by atoms with Gasteiger partial charge in [-0.05, 0) is 12.5 Å². The maximum absolute atomic E-state index is 12.8. The van der Waals surface area contributed by atoms with Crippen molar-refractivity contribution in [3.05, 3.63) is 17.7 Å². The number of anilines is 1. The Morgan fingerprint density at radius 1 is 1.33 bits per heavy atom. The molecular formula is C16H22N2O6. The lowest BCUT2D eigenvalue weighted by Gasteiger charge is -2.24. The van der Waals surface area contributed by atoms with Crippen molar-refractivity contribution >= 4 is 17.6 Å². The van der Waals surface area contributed by atoms with E-state index < -0.39 is 12.1 Å². The number of carbonyl (C=O) groups is 2. The molecule has 0 bridgehead atoms. The minimum atomic E-state index is -0.600. The first-order valence-electron chi connectivity index (χ1n) is 7.51. The first-order valence-corrected chi connectivity index (χ1v) is 7.51. The number of rotatable bonds is 5. The number of methoxy groups -OCH3 is 2. The molecule has 8 nitrogen and oxygen atoms in total. The number of aliphatic hydroxyl groups excluding tert-OH is 1. The fourth-order valence-electron chi connectivity index (χ4n) is 2.80. The van der Waals surface area contributed by atoms with Crippen LogP contribution < -0.4 is 15.2 Å². The number of ether oxygens (including phenoxy) is 3. The van der Waals surface area contributed by atoms with E-state index in [1.165, 1.54) is 31.1 Å². The monoisotopic (exact) mass is 338 g/mol. The molecule has 1 aromatic rings. The number of hydrogen-bond acceptors (Lipinski definition) is 7. The number of hydrogen-bond donors (Lipinski definition) is 2. The van der Waals surface area contributed by atoms with Crippen molar-refractivity contribution in [3.63, 3.8) is 0 Å². The van der Waals surface area contributed by atoms with Crippen LogP contribution in [0.15, 0.2) is 12.1 Å². The molecule has 1 aliphatic heterocycles. The van der Waals surface area contributed by atoms with Crippen molar-refractivity contribution in [2.45, 2.75) is 25.5 Å². The van der Waals surface area contributed by atoms with Crippen molar-refractivity contribution < 1.29 is 28.9 Å². The van der Waals surface area contributed by atoms with E-state index in [4.69, 9.17) is 19.9 Å². The summed E-state index contributed by atoms with van der Waals surface area (Å²) in [5, 5.41) is 9.84.